The molecule has 0 saturated carbocycles. The molecule has 3 rings (SSSR count). The molecule has 0 saturated heterocycles. The highest BCUT2D eigenvalue weighted by Gasteiger charge is 2.07. The molecular weight excluding hydrogens is 405 g/mol. The highest BCUT2D eigenvalue weighted by molar-refractivity contribution is 14.1. The van der Waals surface area contributed by atoms with E-state index in [0.29, 0.717) is 0 Å². The molecule has 0 atom stereocenters. The molecule has 0 aliphatic rings. The number of para-hydroxylation sites is 2. The average Bonchev–Trinajstić information content (AvgIpc) is 2.82. The summed E-state index contributed by atoms with van der Waals surface area (Å²) in [5.74, 6) is 0. The zero-order valence-electron chi connectivity index (χ0n) is 12.0. The summed E-state index contributed by atoms with van der Waals surface area (Å²) in [6.45, 7) is 2.01. The van der Waals surface area contributed by atoms with Crippen molar-refractivity contribution >= 4 is 46.7 Å². The second-order valence-electron chi connectivity index (χ2n) is 4.84. The second-order valence-corrected chi connectivity index (χ2v) is 6.39. The van der Waals surface area contributed by atoms with Crippen LogP contribution in [0.4, 0.5) is 5.69 Å². The van der Waals surface area contributed by atoms with E-state index in [4.69, 9.17) is 12.2 Å². The van der Waals surface area contributed by atoms with Gasteiger partial charge in [-0.25, -0.2) is 4.68 Å². The van der Waals surface area contributed by atoms with Crippen molar-refractivity contribution in [2.45, 2.75) is 6.92 Å². The summed E-state index contributed by atoms with van der Waals surface area (Å²) in [5, 5.41) is 3.30. The molecule has 0 fully saturated rings. The number of H-pyrrole nitrogens is 1. The minimum Gasteiger partial charge on any atom is -0.297 e. The lowest BCUT2D eigenvalue weighted by atomic mass is 10.3. The predicted molar refractivity (Wildman–Crippen MR) is 102 cm³/mol. The van der Waals surface area contributed by atoms with Crippen LogP contribution in [0.15, 0.2) is 59.6 Å². The van der Waals surface area contributed by atoms with Crippen molar-refractivity contribution in [3.63, 3.8) is 0 Å². The lowest BCUT2D eigenvalue weighted by Crippen LogP contribution is -1.95. The smallest absolute Gasteiger partial charge is 0.136 e. The van der Waals surface area contributed by atoms with Crippen LogP contribution in [0.3, 0.4) is 0 Å². The molecule has 0 amide bonds. The Kier molecular flexibility index (Phi) is 4.54. The van der Waals surface area contributed by atoms with Crippen molar-refractivity contribution in [1.29, 1.82) is 0 Å². The van der Waals surface area contributed by atoms with E-state index in [-0.39, 0.29) is 0 Å². The summed E-state index contributed by atoms with van der Waals surface area (Å²) in [7, 11) is 0. The van der Waals surface area contributed by atoms with Crippen LogP contribution in [0.5, 0.6) is 0 Å². The molecule has 2 aromatic carbocycles. The van der Waals surface area contributed by atoms with Crippen LogP contribution in [-0.4, -0.2) is 16.0 Å². The summed E-state index contributed by atoms with van der Waals surface area (Å²) >= 11 is 7.86. The van der Waals surface area contributed by atoms with Gasteiger partial charge >= 0.3 is 0 Å². The average molecular weight is 419 g/mol. The Labute approximate surface area is 147 Å². The highest BCUT2D eigenvalue weighted by atomic mass is 127. The second kappa shape index (κ2) is 6.58. The van der Waals surface area contributed by atoms with Crippen molar-refractivity contribution in [3.05, 3.63) is 74.1 Å². The summed E-state index contributed by atoms with van der Waals surface area (Å²) in [5.41, 5.74) is 3.91. The Morgan fingerprint density at radius 3 is 2.50 bits per heavy atom. The summed E-state index contributed by atoms with van der Waals surface area (Å²) in [6, 6.07) is 18.0. The van der Waals surface area contributed by atoms with Gasteiger partial charge in [-0.15, -0.1) is 0 Å². The Morgan fingerprint density at radius 2 is 1.77 bits per heavy atom. The van der Waals surface area contributed by atoms with Crippen LogP contribution >= 0.6 is 34.8 Å². The number of nitrogens with zero attached hydrogens (tertiary/aromatic N) is 2. The fourth-order valence-electron chi connectivity index (χ4n) is 2.16. The first-order chi connectivity index (χ1) is 10.7. The molecule has 5 heteroatoms. The number of benzene rings is 2. The molecule has 22 heavy (non-hydrogen) atoms. The lowest BCUT2D eigenvalue weighted by molar-refractivity contribution is 0.853. The van der Waals surface area contributed by atoms with Crippen molar-refractivity contribution in [3.8, 4) is 5.69 Å². The van der Waals surface area contributed by atoms with Gasteiger partial charge in [0.2, 0.25) is 0 Å². The van der Waals surface area contributed by atoms with E-state index >= 15 is 0 Å². The fraction of sp³-hybridized carbons (Fsp3) is 0.0588. The zero-order chi connectivity index (χ0) is 15.5. The van der Waals surface area contributed by atoms with Crippen molar-refractivity contribution in [2.24, 2.45) is 4.99 Å². The quantitative estimate of drug-likeness (QED) is 0.354. The van der Waals surface area contributed by atoms with Gasteiger partial charge in [0.05, 0.1) is 16.9 Å². The molecule has 1 heterocycles. The van der Waals surface area contributed by atoms with Crippen molar-refractivity contribution in [1.82, 2.24) is 9.78 Å². The van der Waals surface area contributed by atoms with Crippen LogP contribution in [0.25, 0.3) is 5.69 Å². The van der Waals surface area contributed by atoms with Crippen LogP contribution in [-0.2, 0) is 0 Å². The maximum atomic E-state index is 5.58. The summed E-state index contributed by atoms with van der Waals surface area (Å²) in [6.07, 6.45) is 1.84. The molecule has 3 aromatic rings. The molecule has 0 bridgehead atoms. The first-order valence-electron chi connectivity index (χ1n) is 6.82. The van der Waals surface area contributed by atoms with E-state index in [1.54, 1.807) is 0 Å². The van der Waals surface area contributed by atoms with Crippen LogP contribution in [0.1, 0.15) is 11.3 Å². The summed E-state index contributed by atoms with van der Waals surface area (Å²) in [4.78, 5) is 4.57. The third-order valence-electron chi connectivity index (χ3n) is 3.32. The molecule has 0 unspecified atom stereocenters. The van der Waals surface area contributed by atoms with Gasteiger partial charge in [-0.3, -0.25) is 10.1 Å². The van der Waals surface area contributed by atoms with Gasteiger partial charge < -0.3 is 0 Å². The van der Waals surface area contributed by atoms with E-state index in [1.165, 1.54) is 0 Å². The minimum atomic E-state index is 0.735. The fourth-order valence-corrected chi connectivity index (χ4v) is 3.04. The van der Waals surface area contributed by atoms with Gasteiger partial charge in [0.25, 0.3) is 0 Å². The number of hydrogen-bond acceptors (Lipinski definition) is 2. The number of aliphatic imine (C=N–C) groups is 1. The van der Waals surface area contributed by atoms with E-state index in [9.17, 15) is 0 Å². The van der Waals surface area contributed by atoms with Crippen LogP contribution < -0.4 is 0 Å². The normalized spacial score (nSPS) is 11.2. The van der Waals surface area contributed by atoms with Crippen LogP contribution in [0.2, 0.25) is 0 Å². The van der Waals surface area contributed by atoms with Gasteiger partial charge in [-0.1, -0.05) is 42.5 Å². The molecule has 1 aromatic heterocycles. The van der Waals surface area contributed by atoms with Crippen molar-refractivity contribution in [2.75, 3.05) is 0 Å². The molecule has 3 nitrogen and oxygen atoms in total. The molecule has 0 aliphatic carbocycles. The Morgan fingerprint density at radius 1 is 1.09 bits per heavy atom. The third kappa shape index (κ3) is 3.05. The highest BCUT2D eigenvalue weighted by Crippen LogP contribution is 2.21. The van der Waals surface area contributed by atoms with Crippen LogP contribution in [0, 0.1) is 15.1 Å². The SMILES string of the molecule is Cc1[nH]n(-c2ccccc2)c(=S)c1C=Nc1ccccc1I. The van der Waals surface area contributed by atoms with E-state index in [1.807, 2.05) is 72.4 Å². The first-order valence-corrected chi connectivity index (χ1v) is 8.31. The number of aromatic nitrogens is 2. The zero-order valence-corrected chi connectivity index (χ0v) is 14.9. The molecule has 0 spiro atoms. The number of aromatic amines is 1. The Hall–Kier alpha value is -1.73. The predicted octanol–water partition coefficient (Wildman–Crippen LogP) is 5.20. The van der Waals surface area contributed by atoms with Gasteiger partial charge in [0.1, 0.15) is 4.64 Å². The molecule has 0 radical (unpaired) electrons. The lowest BCUT2D eigenvalue weighted by Gasteiger charge is -2.01. The van der Waals surface area contributed by atoms with E-state index in [0.717, 1.165) is 30.8 Å². The largest absolute Gasteiger partial charge is 0.297 e. The molecular formula is C17H14IN3S. The standard InChI is InChI=1S/C17H14IN3S/c1-12-14(11-19-16-10-6-5-9-15(16)18)17(22)21(20-12)13-7-3-2-4-8-13/h2-11,20H,1H3. The van der Waals surface area contributed by atoms with E-state index < -0.39 is 0 Å². The summed E-state index contributed by atoms with van der Waals surface area (Å²) < 4.78 is 3.76. The monoisotopic (exact) mass is 419 g/mol. The molecule has 110 valence electrons. The molecule has 1 N–H and O–H groups in total. The number of rotatable bonds is 3. The Bertz CT molecular complexity index is 878. The number of halogens is 1. The maximum absolute atomic E-state index is 5.58. The van der Waals surface area contributed by atoms with Gasteiger partial charge in [-0.05, 0) is 53.8 Å². The topological polar surface area (TPSA) is 33.1 Å². The van der Waals surface area contributed by atoms with E-state index in [2.05, 4.69) is 32.7 Å². The third-order valence-corrected chi connectivity index (χ3v) is 4.63. The minimum absolute atomic E-state index is 0.735. The maximum Gasteiger partial charge on any atom is 0.136 e. The van der Waals surface area contributed by atoms with Gasteiger partial charge in [-0.2, -0.15) is 0 Å². The number of aryl methyl sites for hydroxylation is 1. The number of hydrogen-bond donors (Lipinski definition) is 1. The first kappa shape index (κ1) is 15.2. The molecule has 0 aliphatic heterocycles. The van der Waals surface area contributed by atoms with Gasteiger partial charge in [0, 0.05) is 15.5 Å². The van der Waals surface area contributed by atoms with Crippen molar-refractivity contribution < 1.29 is 0 Å². The van der Waals surface area contributed by atoms with Gasteiger partial charge in [0.15, 0.2) is 0 Å². The number of nitrogens with one attached hydrogen (secondary N) is 1. The Balaban J connectivity index is 2.01.